The van der Waals surface area contributed by atoms with E-state index in [1.165, 1.54) is 0 Å². The molecule has 5 heteroatoms. The number of halogens is 1. The Labute approximate surface area is 82.2 Å². The van der Waals surface area contributed by atoms with E-state index in [0.29, 0.717) is 11.4 Å². The van der Waals surface area contributed by atoms with Crippen LogP contribution >= 0.6 is 11.6 Å². The molecule has 0 fully saturated rings. The molecule has 0 amide bonds. The third kappa shape index (κ3) is 2.45. The van der Waals surface area contributed by atoms with E-state index < -0.39 is 0 Å². The largest absolute Gasteiger partial charge is 0.388 e. The molecule has 1 aromatic rings. The van der Waals surface area contributed by atoms with Gasteiger partial charge in [0.15, 0.2) is 0 Å². The Hall–Kier alpha value is -1.03. The number of hydrogen-bond acceptors (Lipinski definition) is 2. The smallest absolute Gasteiger partial charge is 0.0926 e. The Bertz CT molecular complexity index is 298. The van der Waals surface area contributed by atoms with E-state index in [-0.39, 0.29) is 11.9 Å². The zero-order valence-electron chi connectivity index (χ0n) is 7.71. The number of hydrogen-bond donors (Lipinski definition) is 2. The van der Waals surface area contributed by atoms with Gasteiger partial charge in [-0.15, -0.1) is 0 Å². The Morgan fingerprint density at radius 3 is 2.85 bits per heavy atom. The maximum Gasteiger partial charge on any atom is 0.0926 e. The fraction of sp³-hybridized carbons (Fsp3) is 0.500. The maximum absolute atomic E-state index is 7.14. The summed E-state index contributed by atoms with van der Waals surface area (Å²) in [7, 11) is 0. The number of aromatic nitrogens is 2. The lowest BCUT2D eigenvalue weighted by Gasteiger charge is -2.10. The summed E-state index contributed by atoms with van der Waals surface area (Å²) in [5, 5.41) is 12.0. The topological polar surface area (TPSA) is 67.7 Å². The van der Waals surface area contributed by atoms with Gasteiger partial charge in [-0.1, -0.05) is 11.6 Å². The summed E-state index contributed by atoms with van der Waals surface area (Å²) < 4.78 is 1.74. The average Bonchev–Trinajstić information content (AvgIpc) is 2.31. The summed E-state index contributed by atoms with van der Waals surface area (Å²) in [5.74, 6) is 0.164. The Morgan fingerprint density at radius 2 is 2.46 bits per heavy atom. The van der Waals surface area contributed by atoms with Crippen LogP contribution in [0.4, 0.5) is 0 Å². The van der Waals surface area contributed by atoms with Crippen molar-refractivity contribution in [3.05, 3.63) is 16.9 Å². The standard InChI is InChI=1S/C8H13ClN4/c1-5(3-8(10)11)13-4-7(9)6(2)12-13/h4-5H,3H2,1-2H3,(H3,10,11). The molecule has 1 heterocycles. The van der Waals surface area contributed by atoms with E-state index in [1.807, 2.05) is 13.8 Å². The molecule has 0 spiro atoms. The number of nitrogens with zero attached hydrogens (tertiary/aromatic N) is 2. The van der Waals surface area contributed by atoms with Gasteiger partial charge in [0.25, 0.3) is 0 Å². The van der Waals surface area contributed by atoms with Gasteiger partial charge in [0.2, 0.25) is 0 Å². The zero-order valence-corrected chi connectivity index (χ0v) is 8.47. The first-order chi connectivity index (χ1) is 6.00. The molecule has 0 saturated heterocycles. The zero-order chi connectivity index (χ0) is 10.0. The van der Waals surface area contributed by atoms with Crippen molar-refractivity contribution in [3.8, 4) is 0 Å². The molecule has 0 aromatic carbocycles. The minimum absolute atomic E-state index is 0.0868. The highest BCUT2D eigenvalue weighted by Gasteiger charge is 2.09. The quantitative estimate of drug-likeness (QED) is 0.577. The molecule has 0 radical (unpaired) electrons. The Balaban J connectivity index is 2.77. The van der Waals surface area contributed by atoms with Crippen LogP contribution in [0.15, 0.2) is 6.20 Å². The first kappa shape index (κ1) is 10.1. The van der Waals surface area contributed by atoms with Gasteiger partial charge in [0.1, 0.15) is 0 Å². The fourth-order valence-electron chi connectivity index (χ4n) is 1.10. The van der Waals surface area contributed by atoms with E-state index >= 15 is 0 Å². The molecule has 0 aliphatic heterocycles. The molecule has 0 saturated carbocycles. The van der Waals surface area contributed by atoms with Gasteiger partial charge < -0.3 is 5.73 Å². The van der Waals surface area contributed by atoms with Gasteiger partial charge in [-0.2, -0.15) is 5.10 Å². The minimum atomic E-state index is 0.0868. The van der Waals surface area contributed by atoms with Gasteiger partial charge in [-0.3, -0.25) is 10.1 Å². The molecular weight excluding hydrogens is 188 g/mol. The SMILES string of the molecule is Cc1nn(C(C)CC(=N)N)cc1Cl. The van der Waals surface area contributed by atoms with E-state index in [9.17, 15) is 0 Å². The van der Waals surface area contributed by atoms with Gasteiger partial charge in [-0.25, -0.2) is 0 Å². The van der Waals surface area contributed by atoms with Crippen molar-refractivity contribution in [1.29, 1.82) is 5.41 Å². The number of aryl methyl sites for hydroxylation is 1. The molecule has 72 valence electrons. The number of nitrogens with one attached hydrogen (secondary N) is 1. The second-order valence-corrected chi connectivity index (χ2v) is 3.53. The number of rotatable bonds is 3. The molecule has 1 rings (SSSR count). The lowest BCUT2D eigenvalue weighted by molar-refractivity contribution is 0.502. The number of amidine groups is 1. The lowest BCUT2D eigenvalue weighted by Crippen LogP contribution is -2.17. The number of nitrogens with two attached hydrogens (primary N) is 1. The van der Waals surface area contributed by atoms with Gasteiger partial charge >= 0.3 is 0 Å². The summed E-state index contributed by atoms with van der Waals surface area (Å²) in [6.45, 7) is 3.80. The summed E-state index contributed by atoms with van der Waals surface area (Å²) in [5.41, 5.74) is 6.09. The molecule has 1 atom stereocenters. The highest BCUT2D eigenvalue weighted by atomic mass is 35.5. The van der Waals surface area contributed by atoms with E-state index in [0.717, 1.165) is 5.69 Å². The first-order valence-electron chi connectivity index (χ1n) is 4.05. The third-order valence-corrected chi connectivity index (χ3v) is 2.19. The van der Waals surface area contributed by atoms with Gasteiger partial charge in [-0.05, 0) is 13.8 Å². The predicted molar refractivity (Wildman–Crippen MR) is 53.2 cm³/mol. The van der Waals surface area contributed by atoms with E-state index in [4.69, 9.17) is 22.7 Å². The van der Waals surface area contributed by atoms with Gasteiger partial charge in [0.05, 0.1) is 22.6 Å². The summed E-state index contributed by atoms with van der Waals surface area (Å²) in [6, 6.07) is 0.0868. The summed E-state index contributed by atoms with van der Waals surface area (Å²) in [4.78, 5) is 0. The molecule has 13 heavy (non-hydrogen) atoms. The van der Waals surface area contributed by atoms with Crippen LogP contribution in [-0.4, -0.2) is 15.6 Å². The first-order valence-corrected chi connectivity index (χ1v) is 4.42. The van der Waals surface area contributed by atoms with Crippen molar-refractivity contribution >= 4 is 17.4 Å². The van der Waals surface area contributed by atoms with Crippen LogP contribution in [0.1, 0.15) is 25.1 Å². The molecule has 4 nitrogen and oxygen atoms in total. The molecule has 1 unspecified atom stereocenters. The molecule has 0 bridgehead atoms. The third-order valence-electron chi connectivity index (χ3n) is 1.82. The van der Waals surface area contributed by atoms with E-state index in [1.54, 1.807) is 10.9 Å². The van der Waals surface area contributed by atoms with Crippen molar-refractivity contribution in [2.45, 2.75) is 26.3 Å². The van der Waals surface area contributed by atoms with Crippen molar-refractivity contribution in [2.24, 2.45) is 5.73 Å². The summed E-state index contributed by atoms with van der Waals surface area (Å²) in [6.07, 6.45) is 2.25. The minimum Gasteiger partial charge on any atom is -0.388 e. The van der Waals surface area contributed by atoms with Crippen LogP contribution in [0.5, 0.6) is 0 Å². The van der Waals surface area contributed by atoms with Crippen molar-refractivity contribution in [1.82, 2.24) is 9.78 Å². The van der Waals surface area contributed by atoms with Crippen LogP contribution in [0.3, 0.4) is 0 Å². The molecule has 1 aromatic heterocycles. The van der Waals surface area contributed by atoms with Gasteiger partial charge in [0, 0.05) is 12.6 Å². The summed E-state index contributed by atoms with van der Waals surface area (Å²) >= 11 is 5.84. The molecule has 3 N–H and O–H groups in total. The maximum atomic E-state index is 7.14. The monoisotopic (exact) mass is 200 g/mol. The fourth-order valence-corrected chi connectivity index (χ4v) is 1.23. The Kier molecular flexibility index (Phi) is 2.93. The van der Waals surface area contributed by atoms with Crippen LogP contribution in [0.2, 0.25) is 5.02 Å². The molecule has 0 aliphatic carbocycles. The van der Waals surface area contributed by atoms with E-state index in [2.05, 4.69) is 5.10 Å². The Morgan fingerprint density at radius 1 is 1.85 bits per heavy atom. The average molecular weight is 201 g/mol. The molecular formula is C8H13ClN4. The normalized spacial score (nSPS) is 12.8. The van der Waals surface area contributed by atoms with Crippen molar-refractivity contribution in [2.75, 3.05) is 0 Å². The van der Waals surface area contributed by atoms with Crippen LogP contribution in [0, 0.1) is 12.3 Å². The highest BCUT2D eigenvalue weighted by molar-refractivity contribution is 6.31. The molecule has 0 aliphatic rings. The second kappa shape index (κ2) is 3.79. The highest BCUT2D eigenvalue weighted by Crippen LogP contribution is 2.17. The van der Waals surface area contributed by atoms with Crippen LogP contribution in [0.25, 0.3) is 0 Å². The van der Waals surface area contributed by atoms with Crippen molar-refractivity contribution < 1.29 is 0 Å². The second-order valence-electron chi connectivity index (χ2n) is 3.12. The van der Waals surface area contributed by atoms with Crippen LogP contribution < -0.4 is 5.73 Å². The predicted octanol–water partition coefficient (Wildman–Crippen LogP) is 1.73. The van der Waals surface area contributed by atoms with Crippen LogP contribution in [-0.2, 0) is 0 Å². The lowest BCUT2D eigenvalue weighted by atomic mass is 10.2. The van der Waals surface area contributed by atoms with Crippen molar-refractivity contribution in [3.63, 3.8) is 0 Å².